The molecule has 1 aromatic heterocycles. The average molecular weight is 407 g/mol. The second kappa shape index (κ2) is 8.42. The monoisotopic (exact) mass is 406 g/mol. The third-order valence-electron chi connectivity index (χ3n) is 6.21. The van der Waals surface area contributed by atoms with Crippen molar-refractivity contribution in [3.63, 3.8) is 0 Å². The summed E-state index contributed by atoms with van der Waals surface area (Å²) in [4.78, 5) is 19.6. The molecule has 3 atom stereocenters. The molecule has 30 heavy (non-hydrogen) atoms. The fraction of sp³-hybridized carbons (Fsp3) is 0.333. The number of likely N-dealkylation sites (N-methyl/N-ethyl adjacent to an activating group) is 2. The van der Waals surface area contributed by atoms with Crippen LogP contribution in [0.15, 0.2) is 54.6 Å². The predicted octanol–water partition coefficient (Wildman–Crippen LogP) is 1.22. The molecule has 0 aliphatic carbocycles. The number of hydrogen-bond donors (Lipinski definition) is 3. The molecule has 2 aromatic carbocycles. The SMILES string of the molecule is C[C@H]([C@@H](O)c1ccccc1)[NH+](C)CC(=O)Nc1c2c([nH+]c3ccccc13)N(C)CC2. The van der Waals surface area contributed by atoms with Crippen LogP contribution in [0.3, 0.4) is 0 Å². The van der Waals surface area contributed by atoms with Crippen LogP contribution in [-0.4, -0.2) is 44.2 Å². The van der Waals surface area contributed by atoms with Crippen molar-refractivity contribution in [3.05, 3.63) is 65.7 Å². The van der Waals surface area contributed by atoms with E-state index in [0.717, 1.165) is 51.4 Å². The number of para-hydroxylation sites is 1. The highest BCUT2D eigenvalue weighted by Crippen LogP contribution is 2.34. The zero-order chi connectivity index (χ0) is 21.3. The van der Waals surface area contributed by atoms with Crippen LogP contribution in [0.2, 0.25) is 0 Å². The van der Waals surface area contributed by atoms with Gasteiger partial charge in [0.1, 0.15) is 17.7 Å². The number of H-pyrrole nitrogens is 1. The Morgan fingerprint density at radius 2 is 1.90 bits per heavy atom. The summed E-state index contributed by atoms with van der Waals surface area (Å²) >= 11 is 0. The molecule has 0 saturated heterocycles. The Balaban J connectivity index is 1.53. The number of aliphatic hydroxyl groups is 1. The predicted molar refractivity (Wildman–Crippen MR) is 119 cm³/mol. The number of aromatic amines is 1. The van der Waals surface area contributed by atoms with Crippen molar-refractivity contribution in [1.29, 1.82) is 0 Å². The molecule has 6 nitrogen and oxygen atoms in total. The molecule has 1 aliphatic rings. The molecule has 2 heterocycles. The first kappa shape index (κ1) is 20.3. The molecule has 0 saturated carbocycles. The van der Waals surface area contributed by atoms with Crippen LogP contribution in [0.25, 0.3) is 10.9 Å². The van der Waals surface area contributed by atoms with Gasteiger partial charge in [-0.1, -0.05) is 42.5 Å². The highest BCUT2D eigenvalue weighted by Gasteiger charge is 2.31. The van der Waals surface area contributed by atoms with Crippen LogP contribution in [0.1, 0.15) is 24.2 Å². The summed E-state index contributed by atoms with van der Waals surface area (Å²) in [7, 11) is 4.01. The smallest absolute Gasteiger partial charge is 0.280 e. The molecule has 0 spiro atoms. The molecule has 0 radical (unpaired) electrons. The number of rotatable bonds is 6. The molecule has 4 rings (SSSR count). The first-order valence-electron chi connectivity index (χ1n) is 10.5. The molecule has 1 amide bonds. The second-order valence-electron chi connectivity index (χ2n) is 8.26. The second-order valence-corrected chi connectivity index (χ2v) is 8.26. The van der Waals surface area contributed by atoms with Crippen molar-refractivity contribution >= 4 is 28.3 Å². The lowest BCUT2D eigenvalue weighted by atomic mass is 10.0. The Morgan fingerprint density at radius 3 is 2.67 bits per heavy atom. The lowest BCUT2D eigenvalue weighted by Crippen LogP contribution is -3.14. The van der Waals surface area contributed by atoms with Crippen molar-refractivity contribution < 1.29 is 19.8 Å². The van der Waals surface area contributed by atoms with E-state index in [2.05, 4.69) is 22.2 Å². The molecule has 156 valence electrons. The number of benzene rings is 2. The first-order valence-corrected chi connectivity index (χ1v) is 10.5. The average Bonchev–Trinajstić information content (AvgIpc) is 3.13. The maximum absolute atomic E-state index is 13.0. The highest BCUT2D eigenvalue weighted by molar-refractivity contribution is 6.03. The maximum atomic E-state index is 13.0. The first-order chi connectivity index (χ1) is 14.5. The van der Waals surface area contributed by atoms with E-state index < -0.39 is 6.10 Å². The Kier molecular flexibility index (Phi) is 5.70. The van der Waals surface area contributed by atoms with E-state index in [0.29, 0.717) is 0 Å². The lowest BCUT2D eigenvalue weighted by Gasteiger charge is -2.26. The number of anilines is 2. The van der Waals surface area contributed by atoms with Gasteiger partial charge < -0.3 is 15.3 Å². The van der Waals surface area contributed by atoms with Crippen LogP contribution >= 0.6 is 0 Å². The van der Waals surface area contributed by atoms with Crippen LogP contribution in [-0.2, 0) is 11.2 Å². The molecule has 0 bridgehead atoms. The number of aromatic nitrogens is 1. The number of pyridine rings is 1. The lowest BCUT2D eigenvalue weighted by molar-refractivity contribution is -0.900. The zero-order valence-electron chi connectivity index (χ0n) is 17.8. The van der Waals surface area contributed by atoms with Crippen LogP contribution in [0.4, 0.5) is 11.5 Å². The molecule has 0 fully saturated rings. The summed E-state index contributed by atoms with van der Waals surface area (Å²) in [5.74, 6) is 1.02. The number of aliphatic hydroxyl groups excluding tert-OH is 1. The number of amides is 1. The Labute approximate surface area is 177 Å². The summed E-state index contributed by atoms with van der Waals surface area (Å²) in [5.41, 5.74) is 3.93. The van der Waals surface area contributed by atoms with Gasteiger partial charge in [0.15, 0.2) is 6.54 Å². The Bertz CT molecular complexity index is 1050. The fourth-order valence-corrected chi connectivity index (χ4v) is 4.20. The van der Waals surface area contributed by atoms with E-state index in [-0.39, 0.29) is 18.5 Å². The van der Waals surface area contributed by atoms with Crippen molar-refractivity contribution in [2.75, 3.05) is 37.4 Å². The van der Waals surface area contributed by atoms with E-state index in [1.54, 1.807) is 0 Å². The zero-order valence-corrected chi connectivity index (χ0v) is 17.8. The number of hydrogen-bond acceptors (Lipinski definition) is 3. The number of nitrogens with zero attached hydrogens (tertiary/aromatic N) is 1. The Hall–Kier alpha value is -2.96. The van der Waals surface area contributed by atoms with Gasteiger partial charge in [-0.05, 0) is 24.6 Å². The number of fused-ring (bicyclic) bond motifs is 2. The van der Waals surface area contributed by atoms with Gasteiger partial charge in [0, 0.05) is 11.8 Å². The number of carbonyl (C=O) groups excluding carboxylic acids is 1. The summed E-state index contributed by atoms with van der Waals surface area (Å²) in [5, 5.41) is 14.9. The van der Waals surface area contributed by atoms with Crippen LogP contribution < -0.4 is 20.1 Å². The quantitative estimate of drug-likeness (QED) is 0.577. The maximum Gasteiger partial charge on any atom is 0.280 e. The van der Waals surface area contributed by atoms with Crippen molar-refractivity contribution in [2.45, 2.75) is 25.5 Å². The minimum atomic E-state index is -0.621. The fourth-order valence-electron chi connectivity index (χ4n) is 4.20. The summed E-state index contributed by atoms with van der Waals surface area (Å²) in [6, 6.07) is 17.6. The molecule has 6 heteroatoms. The van der Waals surface area contributed by atoms with Gasteiger partial charge in [-0.15, -0.1) is 0 Å². The van der Waals surface area contributed by atoms with Gasteiger partial charge in [-0.3, -0.25) is 9.69 Å². The molecule has 1 aliphatic heterocycles. The number of nitrogens with one attached hydrogen (secondary N) is 3. The molecular weight excluding hydrogens is 376 g/mol. The van der Waals surface area contributed by atoms with E-state index in [4.69, 9.17) is 0 Å². The van der Waals surface area contributed by atoms with Crippen molar-refractivity contribution in [3.8, 4) is 0 Å². The van der Waals surface area contributed by atoms with Crippen molar-refractivity contribution in [2.24, 2.45) is 0 Å². The summed E-state index contributed by atoms with van der Waals surface area (Å²) < 4.78 is 0. The topological polar surface area (TPSA) is 71.1 Å². The molecule has 3 aromatic rings. The molecule has 1 unspecified atom stereocenters. The van der Waals surface area contributed by atoms with Crippen LogP contribution in [0.5, 0.6) is 0 Å². The highest BCUT2D eigenvalue weighted by atomic mass is 16.3. The molecular formula is C24H30N4O2+2. The Morgan fingerprint density at radius 1 is 1.20 bits per heavy atom. The van der Waals surface area contributed by atoms with Crippen molar-refractivity contribution in [1.82, 2.24) is 0 Å². The number of carbonyl (C=O) groups is 1. The normalized spacial score (nSPS) is 16.2. The van der Waals surface area contributed by atoms with Gasteiger partial charge in [-0.25, -0.2) is 4.98 Å². The van der Waals surface area contributed by atoms with Gasteiger partial charge in [0.05, 0.1) is 31.9 Å². The van der Waals surface area contributed by atoms with Crippen LogP contribution in [0, 0.1) is 0 Å². The number of quaternary nitrogens is 1. The summed E-state index contributed by atoms with van der Waals surface area (Å²) in [6.07, 6.45) is 0.276. The van der Waals surface area contributed by atoms with Gasteiger partial charge in [0.2, 0.25) is 0 Å². The largest absolute Gasteiger partial charge is 0.382 e. The van der Waals surface area contributed by atoms with E-state index >= 15 is 0 Å². The van der Waals surface area contributed by atoms with Gasteiger partial charge in [-0.2, -0.15) is 0 Å². The third-order valence-corrected chi connectivity index (χ3v) is 6.21. The standard InChI is InChI=1S/C24H28N4O2/c1-16(23(30)17-9-5-4-6-10-17)28(3)15-21(29)26-22-18-11-7-8-12-20(18)25-24-19(22)13-14-27(24)2/h4-12,16,23,30H,13-15H2,1-3H3,(H,25,26,29)/p+2/t16-,23-/m1/s1. The van der Waals surface area contributed by atoms with E-state index in [9.17, 15) is 9.90 Å². The van der Waals surface area contributed by atoms with Gasteiger partial charge in [0.25, 0.3) is 11.7 Å². The third kappa shape index (κ3) is 3.88. The molecule has 4 N–H and O–H groups in total. The van der Waals surface area contributed by atoms with Gasteiger partial charge >= 0.3 is 0 Å². The van der Waals surface area contributed by atoms with E-state index in [1.165, 1.54) is 0 Å². The minimum absolute atomic E-state index is 0.0484. The summed E-state index contributed by atoms with van der Waals surface area (Å²) in [6.45, 7) is 3.18. The minimum Gasteiger partial charge on any atom is -0.382 e. The van der Waals surface area contributed by atoms with E-state index in [1.807, 2.05) is 68.6 Å².